The van der Waals surface area contributed by atoms with Gasteiger partial charge >= 0.3 is 0 Å². The van der Waals surface area contributed by atoms with Crippen molar-refractivity contribution in [2.45, 2.75) is 0 Å². The van der Waals surface area contributed by atoms with Gasteiger partial charge in [0, 0.05) is 13.1 Å². The molecule has 9 nitrogen and oxygen atoms in total. The first-order valence-corrected chi connectivity index (χ1v) is 7.62. The summed E-state index contributed by atoms with van der Waals surface area (Å²) in [5, 5.41) is 22.2. The van der Waals surface area contributed by atoms with Gasteiger partial charge in [0.25, 0.3) is 5.69 Å². The maximum atomic E-state index is 10.8. The molecule has 0 aromatic heterocycles. The summed E-state index contributed by atoms with van der Waals surface area (Å²) in [6.45, 7) is 2.65. The van der Waals surface area contributed by atoms with Crippen molar-refractivity contribution >= 4 is 11.4 Å². The third-order valence-electron chi connectivity index (χ3n) is 2.91. The fourth-order valence-corrected chi connectivity index (χ4v) is 1.77. The van der Waals surface area contributed by atoms with Crippen molar-refractivity contribution in [3.8, 4) is 5.75 Å². The minimum Gasteiger partial charge on any atom is -0.489 e. The molecule has 0 saturated heterocycles. The molecule has 2 N–H and O–H groups in total. The number of benzene rings is 1. The monoisotopic (exact) mass is 344 g/mol. The molecule has 0 aliphatic carbocycles. The van der Waals surface area contributed by atoms with Gasteiger partial charge in [-0.1, -0.05) is 0 Å². The number of non-ortho nitro benzene ring substituents is 1. The summed E-state index contributed by atoms with van der Waals surface area (Å²) in [7, 11) is 1.71. The number of nitro benzene ring substituents is 1. The number of rotatable bonds is 14. The number of nitrogens with zero attached hydrogens (tertiary/aromatic N) is 1. The van der Waals surface area contributed by atoms with Gasteiger partial charge in [-0.25, -0.2) is 0 Å². The van der Waals surface area contributed by atoms with Crippen molar-refractivity contribution in [3.63, 3.8) is 0 Å². The zero-order chi connectivity index (χ0) is 17.6. The van der Waals surface area contributed by atoms with E-state index >= 15 is 0 Å². The number of aliphatic hydroxyl groups is 1. The van der Waals surface area contributed by atoms with Crippen LogP contribution in [0, 0.1) is 10.1 Å². The predicted octanol–water partition coefficient (Wildman–Crippen LogP) is 1.06. The topological polar surface area (TPSA) is 112 Å². The van der Waals surface area contributed by atoms with Gasteiger partial charge < -0.3 is 29.4 Å². The van der Waals surface area contributed by atoms with E-state index in [-0.39, 0.29) is 18.9 Å². The van der Waals surface area contributed by atoms with Crippen LogP contribution in [0.15, 0.2) is 18.2 Å². The molecule has 0 aliphatic rings. The van der Waals surface area contributed by atoms with E-state index in [1.807, 2.05) is 0 Å². The molecule has 136 valence electrons. The molecule has 1 rings (SSSR count). The largest absolute Gasteiger partial charge is 0.489 e. The fraction of sp³-hybridized carbons (Fsp3) is 0.600. The van der Waals surface area contributed by atoms with Crippen molar-refractivity contribution in [1.82, 2.24) is 0 Å². The van der Waals surface area contributed by atoms with Gasteiger partial charge in [0.1, 0.15) is 12.4 Å². The SMILES string of the molecule is CNc1ccc([N+](=O)[O-])cc1OCCOCCOCCOCCO. The molecule has 0 radical (unpaired) electrons. The Balaban J connectivity index is 2.14. The second kappa shape index (κ2) is 12.5. The van der Waals surface area contributed by atoms with Crippen LogP contribution in [0.1, 0.15) is 0 Å². The highest BCUT2D eigenvalue weighted by Crippen LogP contribution is 2.28. The number of anilines is 1. The fourth-order valence-electron chi connectivity index (χ4n) is 1.77. The Morgan fingerprint density at radius 3 is 2.17 bits per heavy atom. The van der Waals surface area contributed by atoms with Gasteiger partial charge in [-0.2, -0.15) is 0 Å². The summed E-state index contributed by atoms with van der Waals surface area (Å²) in [6.07, 6.45) is 0. The normalized spacial score (nSPS) is 10.6. The summed E-state index contributed by atoms with van der Waals surface area (Å²) in [6, 6.07) is 4.39. The lowest BCUT2D eigenvalue weighted by Crippen LogP contribution is -2.13. The highest BCUT2D eigenvalue weighted by molar-refractivity contribution is 5.60. The van der Waals surface area contributed by atoms with Gasteiger partial charge in [0.15, 0.2) is 0 Å². The molecular weight excluding hydrogens is 320 g/mol. The summed E-state index contributed by atoms with van der Waals surface area (Å²) < 4.78 is 21.2. The quantitative estimate of drug-likeness (QED) is 0.293. The van der Waals surface area contributed by atoms with Gasteiger partial charge in [-0.15, -0.1) is 0 Å². The first-order chi connectivity index (χ1) is 11.7. The molecule has 0 amide bonds. The molecule has 0 fully saturated rings. The van der Waals surface area contributed by atoms with Gasteiger partial charge in [0.2, 0.25) is 0 Å². The van der Waals surface area contributed by atoms with Gasteiger partial charge in [-0.3, -0.25) is 10.1 Å². The van der Waals surface area contributed by atoms with E-state index in [2.05, 4.69) is 5.32 Å². The lowest BCUT2D eigenvalue weighted by molar-refractivity contribution is -0.384. The van der Waals surface area contributed by atoms with Crippen LogP contribution in [0.2, 0.25) is 0 Å². The minimum absolute atomic E-state index is 0.00293. The Morgan fingerprint density at radius 1 is 1.04 bits per heavy atom. The van der Waals surface area contributed by atoms with Crippen LogP contribution < -0.4 is 10.1 Å². The second-order valence-electron chi connectivity index (χ2n) is 4.60. The van der Waals surface area contributed by atoms with E-state index in [1.54, 1.807) is 13.1 Å². The molecule has 0 bridgehead atoms. The molecular formula is C15H24N2O7. The smallest absolute Gasteiger partial charge is 0.273 e. The Labute approximate surface area is 140 Å². The van der Waals surface area contributed by atoms with Crippen LogP contribution in [0.4, 0.5) is 11.4 Å². The van der Waals surface area contributed by atoms with Crippen molar-refractivity contribution in [3.05, 3.63) is 28.3 Å². The Kier molecular flexibility index (Phi) is 10.5. The van der Waals surface area contributed by atoms with Crippen LogP contribution in [-0.2, 0) is 14.2 Å². The van der Waals surface area contributed by atoms with E-state index in [0.29, 0.717) is 51.1 Å². The van der Waals surface area contributed by atoms with E-state index in [0.717, 1.165) is 0 Å². The van der Waals surface area contributed by atoms with Crippen LogP contribution in [-0.4, -0.2) is 69.9 Å². The van der Waals surface area contributed by atoms with Crippen LogP contribution in [0.25, 0.3) is 0 Å². The van der Waals surface area contributed by atoms with Crippen molar-refractivity contribution in [2.24, 2.45) is 0 Å². The second-order valence-corrected chi connectivity index (χ2v) is 4.60. The maximum Gasteiger partial charge on any atom is 0.273 e. The lowest BCUT2D eigenvalue weighted by atomic mass is 10.2. The van der Waals surface area contributed by atoms with E-state index in [1.165, 1.54) is 12.1 Å². The summed E-state index contributed by atoms with van der Waals surface area (Å²) >= 11 is 0. The van der Waals surface area contributed by atoms with E-state index in [4.69, 9.17) is 24.1 Å². The third kappa shape index (κ3) is 8.06. The zero-order valence-corrected chi connectivity index (χ0v) is 13.7. The molecule has 24 heavy (non-hydrogen) atoms. The number of hydrogen-bond donors (Lipinski definition) is 2. The van der Waals surface area contributed by atoms with Gasteiger partial charge in [-0.05, 0) is 6.07 Å². The average Bonchev–Trinajstić information content (AvgIpc) is 2.59. The average molecular weight is 344 g/mol. The molecule has 0 aliphatic heterocycles. The first kappa shape index (κ1) is 20.1. The van der Waals surface area contributed by atoms with Crippen LogP contribution >= 0.6 is 0 Å². The van der Waals surface area contributed by atoms with Crippen molar-refractivity contribution in [1.29, 1.82) is 0 Å². The molecule has 0 atom stereocenters. The number of ether oxygens (including phenoxy) is 4. The summed E-state index contributed by atoms with van der Waals surface area (Å²) in [4.78, 5) is 10.3. The lowest BCUT2D eigenvalue weighted by Gasteiger charge is -2.11. The number of nitrogens with one attached hydrogen (secondary N) is 1. The molecule has 1 aromatic carbocycles. The van der Waals surface area contributed by atoms with E-state index in [9.17, 15) is 10.1 Å². The zero-order valence-electron chi connectivity index (χ0n) is 13.7. The van der Waals surface area contributed by atoms with E-state index < -0.39 is 4.92 Å². The summed E-state index contributed by atoms with van der Waals surface area (Å²) in [5.74, 6) is 0.410. The number of hydrogen-bond acceptors (Lipinski definition) is 8. The van der Waals surface area contributed by atoms with Gasteiger partial charge in [0.05, 0.1) is 62.9 Å². The molecule has 9 heteroatoms. The first-order valence-electron chi connectivity index (χ1n) is 7.62. The molecule has 0 spiro atoms. The maximum absolute atomic E-state index is 10.8. The Morgan fingerprint density at radius 2 is 1.62 bits per heavy atom. The molecule has 1 aromatic rings. The number of aliphatic hydroxyl groups excluding tert-OH is 1. The van der Waals surface area contributed by atoms with Crippen molar-refractivity contribution in [2.75, 3.05) is 65.2 Å². The van der Waals surface area contributed by atoms with Crippen LogP contribution in [0.5, 0.6) is 5.75 Å². The molecule has 0 unspecified atom stereocenters. The minimum atomic E-state index is -0.468. The Bertz CT molecular complexity index is 485. The molecule has 0 heterocycles. The van der Waals surface area contributed by atoms with Crippen LogP contribution in [0.3, 0.4) is 0 Å². The van der Waals surface area contributed by atoms with Crippen molar-refractivity contribution < 1.29 is 29.0 Å². The highest BCUT2D eigenvalue weighted by atomic mass is 16.6. The third-order valence-corrected chi connectivity index (χ3v) is 2.91. The molecule has 0 saturated carbocycles. The Hall–Kier alpha value is -1.94. The number of nitro groups is 1. The summed E-state index contributed by atoms with van der Waals surface area (Å²) in [5.41, 5.74) is 0.647. The standard InChI is InChI=1S/C15H24N2O7/c1-16-14-3-2-13(17(19)20)12-15(14)24-11-10-23-9-8-22-7-6-21-5-4-18/h2-3,12,16,18H,4-11H2,1H3. The highest BCUT2D eigenvalue weighted by Gasteiger charge is 2.11. The predicted molar refractivity (Wildman–Crippen MR) is 87.7 cm³/mol.